The fourth-order valence-corrected chi connectivity index (χ4v) is 1.69. The van der Waals surface area contributed by atoms with Gasteiger partial charge in [0, 0.05) is 12.7 Å². The highest BCUT2D eigenvalue weighted by atomic mass is 16.5. The average molecular weight is 238 g/mol. The second-order valence-corrected chi connectivity index (χ2v) is 4.83. The molecule has 1 heterocycles. The van der Waals surface area contributed by atoms with E-state index in [0.717, 1.165) is 5.69 Å². The number of ether oxygens (including phenoxy) is 1. The molecule has 96 valence electrons. The number of aromatic amines is 1. The molecule has 4 nitrogen and oxygen atoms in total. The maximum absolute atomic E-state index is 11.6. The van der Waals surface area contributed by atoms with Gasteiger partial charge in [-0.05, 0) is 18.8 Å². The fourth-order valence-electron chi connectivity index (χ4n) is 1.69. The van der Waals surface area contributed by atoms with Crippen LogP contribution in [0.3, 0.4) is 0 Å². The minimum Gasteiger partial charge on any atom is -0.370 e. The average Bonchev–Trinajstić information content (AvgIpc) is 2.24. The topological polar surface area (TPSA) is 55.0 Å². The molecule has 0 radical (unpaired) electrons. The van der Waals surface area contributed by atoms with Crippen molar-refractivity contribution >= 4 is 0 Å². The molecule has 1 atom stereocenters. The summed E-state index contributed by atoms with van der Waals surface area (Å²) in [7, 11) is 0. The Morgan fingerprint density at radius 2 is 2.00 bits per heavy atom. The van der Waals surface area contributed by atoms with Crippen LogP contribution in [0.25, 0.3) is 0 Å². The van der Waals surface area contributed by atoms with Gasteiger partial charge in [0.05, 0.1) is 5.69 Å². The Morgan fingerprint density at radius 3 is 2.47 bits per heavy atom. The van der Waals surface area contributed by atoms with Crippen molar-refractivity contribution in [3.05, 3.63) is 27.9 Å². The molecule has 17 heavy (non-hydrogen) atoms. The minimum atomic E-state index is -0.147. The SMILES string of the molecule is CCOC(c1nc(C(C)C)cc(=O)[nH]1)C(C)C. The Morgan fingerprint density at radius 1 is 1.35 bits per heavy atom. The summed E-state index contributed by atoms with van der Waals surface area (Å²) >= 11 is 0. The number of nitrogens with one attached hydrogen (secondary N) is 1. The van der Waals surface area contributed by atoms with E-state index in [9.17, 15) is 4.79 Å². The van der Waals surface area contributed by atoms with Crippen LogP contribution in [0, 0.1) is 5.92 Å². The Balaban J connectivity index is 3.14. The number of nitrogens with zero attached hydrogens (tertiary/aromatic N) is 1. The van der Waals surface area contributed by atoms with Crippen LogP contribution in [0.1, 0.15) is 58.2 Å². The first kappa shape index (κ1) is 13.9. The quantitative estimate of drug-likeness (QED) is 0.858. The van der Waals surface area contributed by atoms with Crippen molar-refractivity contribution < 1.29 is 4.74 Å². The fraction of sp³-hybridized carbons (Fsp3) is 0.692. The number of hydrogen-bond acceptors (Lipinski definition) is 3. The second kappa shape index (κ2) is 5.96. The Bertz CT molecular complexity index is 410. The summed E-state index contributed by atoms with van der Waals surface area (Å²) in [6, 6.07) is 1.55. The molecule has 4 heteroatoms. The third-order valence-electron chi connectivity index (χ3n) is 2.59. The summed E-state index contributed by atoms with van der Waals surface area (Å²) in [4.78, 5) is 18.9. The molecule has 1 rings (SSSR count). The molecule has 0 saturated heterocycles. The standard InChI is InChI=1S/C13H22N2O2/c1-6-17-12(9(4)5)13-14-10(8(2)3)7-11(16)15-13/h7-9,12H,6H2,1-5H3,(H,14,15,16). The summed E-state index contributed by atoms with van der Waals surface area (Å²) in [5.41, 5.74) is 0.707. The molecule has 0 saturated carbocycles. The molecule has 1 unspecified atom stereocenters. The van der Waals surface area contributed by atoms with Crippen LogP contribution in [-0.4, -0.2) is 16.6 Å². The van der Waals surface area contributed by atoms with Crippen LogP contribution in [0.2, 0.25) is 0 Å². The van der Waals surface area contributed by atoms with Gasteiger partial charge >= 0.3 is 0 Å². The molecule has 0 bridgehead atoms. The number of hydrogen-bond donors (Lipinski definition) is 1. The number of H-pyrrole nitrogens is 1. The normalized spacial score (nSPS) is 13.4. The lowest BCUT2D eigenvalue weighted by Crippen LogP contribution is -2.21. The van der Waals surface area contributed by atoms with Gasteiger partial charge in [-0.2, -0.15) is 0 Å². The van der Waals surface area contributed by atoms with Gasteiger partial charge in [-0.3, -0.25) is 4.79 Å². The van der Waals surface area contributed by atoms with Gasteiger partial charge in [0.25, 0.3) is 5.56 Å². The number of aromatic nitrogens is 2. The molecule has 0 aliphatic rings. The lowest BCUT2D eigenvalue weighted by molar-refractivity contribution is 0.0228. The van der Waals surface area contributed by atoms with Gasteiger partial charge in [0.15, 0.2) is 0 Å². The molecule has 1 N–H and O–H groups in total. The predicted octanol–water partition coefficient (Wildman–Crippen LogP) is 2.63. The van der Waals surface area contributed by atoms with Crippen LogP contribution in [-0.2, 0) is 4.74 Å². The van der Waals surface area contributed by atoms with E-state index in [1.165, 1.54) is 0 Å². The van der Waals surface area contributed by atoms with Crippen molar-refractivity contribution in [1.82, 2.24) is 9.97 Å². The van der Waals surface area contributed by atoms with E-state index in [4.69, 9.17) is 4.74 Å². The van der Waals surface area contributed by atoms with Crippen molar-refractivity contribution in [2.24, 2.45) is 5.92 Å². The zero-order valence-corrected chi connectivity index (χ0v) is 11.3. The monoisotopic (exact) mass is 238 g/mol. The molecular formula is C13H22N2O2. The van der Waals surface area contributed by atoms with Gasteiger partial charge in [0.1, 0.15) is 11.9 Å². The third-order valence-corrected chi connectivity index (χ3v) is 2.59. The molecule has 0 aliphatic heterocycles. The summed E-state index contributed by atoms with van der Waals surface area (Å²) in [5.74, 6) is 1.16. The molecule has 0 fully saturated rings. The second-order valence-electron chi connectivity index (χ2n) is 4.83. The van der Waals surface area contributed by atoms with E-state index < -0.39 is 0 Å². The highest BCUT2D eigenvalue weighted by Crippen LogP contribution is 2.23. The predicted molar refractivity (Wildman–Crippen MR) is 68.2 cm³/mol. The van der Waals surface area contributed by atoms with Gasteiger partial charge < -0.3 is 9.72 Å². The lowest BCUT2D eigenvalue weighted by atomic mass is 10.1. The van der Waals surface area contributed by atoms with E-state index >= 15 is 0 Å². The zero-order chi connectivity index (χ0) is 13.0. The van der Waals surface area contributed by atoms with Crippen LogP contribution in [0.5, 0.6) is 0 Å². The molecular weight excluding hydrogens is 216 g/mol. The van der Waals surface area contributed by atoms with Crippen molar-refractivity contribution in [2.45, 2.75) is 46.6 Å². The first-order valence-corrected chi connectivity index (χ1v) is 6.18. The van der Waals surface area contributed by atoms with E-state index in [2.05, 4.69) is 23.8 Å². The van der Waals surface area contributed by atoms with Gasteiger partial charge in [-0.1, -0.05) is 27.7 Å². The van der Waals surface area contributed by atoms with E-state index in [1.807, 2.05) is 20.8 Å². The lowest BCUT2D eigenvalue weighted by Gasteiger charge is -2.20. The highest BCUT2D eigenvalue weighted by molar-refractivity contribution is 5.08. The maximum Gasteiger partial charge on any atom is 0.251 e. The first-order valence-electron chi connectivity index (χ1n) is 6.18. The van der Waals surface area contributed by atoms with Crippen LogP contribution >= 0.6 is 0 Å². The van der Waals surface area contributed by atoms with Crippen LogP contribution < -0.4 is 5.56 Å². The van der Waals surface area contributed by atoms with E-state index in [0.29, 0.717) is 12.4 Å². The van der Waals surface area contributed by atoms with Crippen molar-refractivity contribution in [1.29, 1.82) is 0 Å². The Kier molecular flexibility index (Phi) is 4.87. The first-order chi connectivity index (χ1) is 7.95. The van der Waals surface area contributed by atoms with Crippen molar-refractivity contribution in [3.63, 3.8) is 0 Å². The van der Waals surface area contributed by atoms with Crippen molar-refractivity contribution in [2.75, 3.05) is 6.61 Å². The Hall–Kier alpha value is -1.16. The molecule has 0 aromatic carbocycles. The summed E-state index contributed by atoms with van der Waals surface area (Å²) in [6.07, 6.45) is -0.147. The Labute approximate surface area is 102 Å². The van der Waals surface area contributed by atoms with Gasteiger partial charge in [-0.25, -0.2) is 4.98 Å². The molecule has 1 aromatic rings. The largest absolute Gasteiger partial charge is 0.370 e. The van der Waals surface area contributed by atoms with Crippen molar-refractivity contribution in [3.8, 4) is 0 Å². The van der Waals surface area contributed by atoms with E-state index in [-0.39, 0.29) is 23.5 Å². The maximum atomic E-state index is 11.6. The summed E-state index contributed by atoms with van der Waals surface area (Å²) in [6.45, 7) is 10.7. The minimum absolute atomic E-state index is 0.107. The van der Waals surface area contributed by atoms with Gasteiger partial charge in [-0.15, -0.1) is 0 Å². The van der Waals surface area contributed by atoms with E-state index in [1.54, 1.807) is 6.07 Å². The third kappa shape index (κ3) is 3.66. The molecule has 0 amide bonds. The summed E-state index contributed by atoms with van der Waals surface area (Å²) < 4.78 is 5.65. The zero-order valence-electron chi connectivity index (χ0n) is 11.3. The molecule has 0 aliphatic carbocycles. The highest BCUT2D eigenvalue weighted by Gasteiger charge is 2.19. The smallest absolute Gasteiger partial charge is 0.251 e. The van der Waals surface area contributed by atoms with Gasteiger partial charge in [0.2, 0.25) is 0 Å². The number of rotatable bonds is 5. The van der Waals surface area contributed by atoms with Crippen LogP contribution in [0.4, 0.5) is 0 Å². The molecule has 0 spiro atoms. The molecule has 1 aromatic heterocycles. The summed E-state index contributed by atoms with van der Waals surface area (Å²) in [5, 5.41) is 0. The van der Waals surface area contributed by atoms with Crippen LogP contribution in [0.15, 0.2) is 10.9 Å².